The van der Waals surface area contributed by atoms with Crippen LogP contribution in [0.3, 0.4) is 0 Å². The molecule has 0 spiro atoms. The summed E-state index contributed by atoms with van der Waals surface area (Å²) in [4.78, 5) is 15.1. The second-order valence-corrected chi connectivity index (χ2v) is 6.32. The summed E-state index contributed by atoms with van der Waals surface area (Å²) in [6.07, 6.45) is 3.78. The van der Waals surface area contributed by atoms with Gasteiger partial charge in [-0.3, -0.25) is 9.78 Å². The number of benzene rings is 1. The number of carboxylic acid groups (broad SMARTS) is 1. The highest BCUT2D eigenvalue weighted by atomic mass is 35.5. The van der Waals surface area contributed by atoms with Gasteiger partial charge in [0.2, 0.25) is 0 Å². The Bertz CT molecular complexity index is 906. The van der Waals surface area contributed by atoms with Crippen LogP contribution in [0.5, 0.6) is 5.75 Å². The molecule has 136 valence electrons. The summed E-state index contributed by atoms with van der Waals surface area (Å²) in [6.45, 7) is 2.53. The minimum Gasteiger partial charge on any atom is -0.491 e. The van der Waals surface area contributed by atoms with E-state index in [-0.39, 0.29) is 12.8 Å². The van der Waals surface area contributed by atoms with Gasteiger partial charge in [0, 0.05) is 36.2 Å². The van der Waals surface area contributed by atoms with E-state index in [1.54, 1.807) is 12.1 Å². The summed E-state index contributed by atoms with van der Waals surface area (Å²) in [5, 5.41) is 13.9. The van der Waals surface area contributed by atoms with Gasteiger partial charge < -0.3 is 14.4 Å². The van der Waals surface area contributed by atoms with Crippen molar-refractivity contribution < 1.29 is 19.2 Å². The highest BCUT2D eigenvalue weighted by Gasteiger charge is 2.14. The monoisotopic (exact) mass is 374 g/mol. The fourth-order valence-electron chi connectivity index (χ4n) is 2.58. The molecule has 0 saturated heterocycles. The molecule has 0 fully saturated rings. The Morgan fingerprint density at radius 3 is 2.85 bits per heavy atom. The van der Waals surface area contributed by atoms with Crippen LogP contribution in [0.2, 0.25) is 5.02 Å². The van der Waals surface area contributed by atoms with E-state index >= 15 is 0 Å². The summed E-state index contributed by atoms with van der Waals surface area (Å²) in [5.41, 5.74) is 3.26. The number of fused-ring (bicyclic) bond motifs is 1. The van der Waals surface area contributed by atoms with Crippen molar-refractivity contribution in [2.45, 2.75) is 32.6 Å². The fourth-order valence-corrected chi connectivity index (χ4v) is 2.80. The first-order valence-corrected chi connectivity index (χ1v) is 8.80. The molecule has 0 aliphatic rings. The van der Waals surface area contributed by atoms with Gasteiger partial charge in [0.05, 0.1) is 23.7 Å². The molecule has 2 aromatic heterocycles. The number of halogens is 1. The van der Waals surface area contributed by atoms with Crippen LogP contribution >= 0.6 is 11.6 Å². The van der Waals surface area contributed by atoms with Gasteiger partial charge in [0.15, 0.2) is 5.58 Å². The van der Waals surface area contributed by atoms with Gasteiger partial charge >= 0.3 is 5.97 Å². The Hall–Kier alpha value is -2.60. The van der Waals surface area contributed by atoms with Crippen LogP contribution < -0.4 is 4.74 Å². The molecule has 7 heteroatoms. The number of ether oxygens (including phenoxy) is 1. The molecule has 6 nitrogen and oxygen atoms in total. The zero-order valence-corrected chi connectivity index (χ0v) is 15.1. The third-order valence-electron chi connectivity index (χ3n) is 4.08. The van der Waals surface area contributed by atoms with Gasteiger partial charge in [-0.05, 0) is 24.1 Å². The number of rotatable bonds is 8. The maximum atomic E-state index is 10.7. The third-order valence-corrected chi connectivity index (χ3v) is 4.38. The van der Waals surface area contributed by atoms with E-state index in [2.05, 4.69) is 23.1 Å². The topological polar surface area (TPSA) is 85.5 Å². The molecule has 3 rings (SSSR count). The standard InChI is InChI=1S/C19H19ClN2O4/c1-2-12-3-4-13(21-11-12)7-8-25-18-10-17-14(9-15(18)20)16(22-26-17)5-6-19(23)24/h3-4,9-11H,2,5-8H2,1H3,(H,23,24). The van der Waals surface area contributed by atoms with Crippen LogP contribution in [0.15, 0.2) is 35.0 Å². The van der Waals surface area contributed by atoms with Crippen LogP contribution in [0.25, 0.3) is 11.0 Å². The second-order valence-electron chi connectivity index (χ2n) is 5.91. The largest absolute Gasteiger partial charge is 0.491 e. The van der Waals surface area contributed by atoms with Crippen molar-refractivity contribution in [3.63, 3.8) is 0 Å². The van der Waals surface area contributed by atoms with Gasteiger partial charge in [-0.25, -0.2) is 0 Å². The number of aryl methyl sites for hydroxylation is 2. The molecular formula is C19H19ClN2O4. The zero-order valence-electron chi connectivity index (χ0n) is 14.4. The Labute approximate surface area is 155 Å². The van der Waals surface area contributed by atoms with Crippen molar-refractivity contribution in [1.82, 2.24) is 10.1 Å². The lowest BCUT2D eigenvalue weighted by Crippen LogP contribution is -2.03. The average Bonchev–Trinajstić information content (AvgIpc) is 3.02. The minimum atomic E-state index is -0.882. The van der Waals surface area contributed by atoms with Gasteiger partial charge in [0.25, 0.3) is 0 Å². The summed E-state index contributed by atoms with van der Waals surface area (Å²) < 4.78 is 11.0. The maximum absolute atomic E-state index is 10.7. The first-order chi connectivity index (χ1) is 12.6. The highest BCUT2D eigenvalue weighted by Crippen LogP contribution is 2.32. The molecule has 0 unspecified atom stereocenters. The van der Waals surface area contributed by atoms with Crippen LogP contribution in [-0.2, 0) is 24.1 Å². The Balaban J connectivity index is 1.66. The Morgan fingerprint density at radius 2 is 2.15 bits per heavy atom. The van der Waals surface area contributed by atoms with E-state index < -0.39 is 5.97 Å². The summed E-state index contributed by atoms with van der Waals surface area (Å²) >= 11 is 6.29. The van der Waals surface area contributed by atoms with Crippen LogP contribution in [0.1, 0.15) is 30.3 Å². The summed E-state index contributed by atoms with van der Waals surface area (Å²) in [5.74, 6) is -0.377. The van der Waals surface area contributed by atoms with Gasteiger partial charge in [-0.2, -0.15) is 0 Å². The van der Waals surface area contributed by atoms with Gasteiger partial charge in [0.1, 0.15) is 5.75 Å². The van der Waals surface area contributed by atoms with Crippen molar-refractivity contribution in [3.8, 4) is 5.75 Å². The highest BCUT2D eigenvalue weighted by molar-refractivity contribution is 6.32. The van der Waals surface area contributed by atoms with Crippen molar-refractivity contribution in [1.29, 1.82) is 0 Å². The molecule has 1 aromatic carbocycles. The lowest BCUT2D eigenvalue weighted by Gasteiger charge is -2.08. The van der Waals surface area contributed by atoms with Crippen molar-refractivity contribution in [2.24, 2.45) is 0 Å². The second kappa shape index (κ2) is 8.19. The number of pyridine rings is 1. The predicted octanol–water partition coefficient (Wildman–Crippen LogP) is 4.08. The predicted molar refractivity (Wildman–Crippen MR) is 97.8 cm³/mol. The van der Waals surface area contributed by atoms with Gasteiger partial charge in [-0.1, -0.05) is 29.7 Å². The van der Waals surface area contributed by atoms with E-state index in [1.807, 2.05) is 12.3 Å². The Kier molecular flexibility index (Phi) is 5.73. The van der Waals surface area contributed by atoms with Crippen LogP contribution in [0, 0.1) is 0 Å². The SMILES string of the molecule is CCc1ccc(CCOc2cc3onc(CCC(=O)O)c3cc2Cl)nc1. The summed E-state index contributed by atoms with van der Waals surface area (Å²) in [7, 11) is 0. The molecule has 3 aromatic rings. The lowest BCUT2D eigenvalue weighted by molar-refractivity contribution is -0.136. The van der Waals surface area contributed by atoms with Gasteiger partial charge in [-0.15, -0.1) is 0 Å². The number of aromatic nitrogens is 2. The zero-order chi connectivity index (χ0) is 18.5. The molecule has 0 aliphatic heterocycles. The van der Waals surface area contributed by atoms with Crippen LogP contribution in [0.4, 0.5) is 0 Å². The normalized spacial score (nSPS) is 11.0. The first kappa shape index (κ1) is 18.2. The van der Waals surface area contributed by atoms with Crippen molar-refractivity contribution >= 4 is 28.5 Å². The molecule has 0 aliphatic carbocycles. The van der Waals surface area contributed by atoms with E-state index in [9.17, 15) is 4.79 Å². The molecule has 0 saturated carbocycles. The van der Waals surface area contributed by atoms with Crippen molar-refractivity contribution in [3.05, 3.63) is 52.4 Å². The number of hydrogen-bond donors (Lipinski definition) is 1. The lowest BCUT2D eigenvalue weighted by atomic mass is 10.1. The molecular weight excluding hydrogens is 356 g/mol. The molecule has 0 amide bonds. The number of carboxylic acids is 1. The van der Waals surface area contributed by atoms with E-state index in [4.69, 9.17) is 26.0 Å². The maximum Gasteiger partial charge on any atom is 0.303 e. The van der Waals surface area contributed by atoms with Crippen molar-refractivity contribution in [2.75, 3.05) is 6.61 Å². The smallest absolute Gasteiger partial charge is 0.303 e. The number of hydrogen-bond acceptors (Lipinski definition) is 5. The van der Waals surface area contributed by atoms with E-state index in [0.717, 1.165) is 12.1 Å². The quantitative estimate of drug-likeness (QED) is 0.639. The molecule has 0 radical (unpaired) electrons. The number of aliphatic carboxylic acids is 1. The Morgan fingerprint density at radius 1 is 1.31 bits per heavy atom. The third kappa shape index (κ3) is 4.32. The molecule has 0 bridgehead atoms. The summed E-state index contributed by atoms with van der Waals surface area (Å²) in [6, 6.07) is 7.45. The minimum absolute atomic E-state index is 0.0126. The average molecular weight is 375 g/mol. The molecule has 26 heavy (non-hydrogen) atoms. The molecule has 0 atom stereocenters. The molecule has 1 N–H and O–H groups in total. The van der Waals surface area contributed by atoms with Crippen LogP contribution in [-0.4, -0.2) is 27.8 Å². The van der Waals surface area contributed by atoms with E-state index in [0.29, 0.717) is 40.5 Å². The number of nitrogens with zero attached hydrogens (tertiary/aromatic N) is 2. The number of carbonyl (C=O) groups is 1. The van der Waals surface area contributed by atoms with E-state index in [1.165, 1.54) is 5.56 Å². The first-order valence-electron chi connectivity index (χ1n) is 8.43. The molecule has 2 heterocycles. The fraction of sp³-hybridized carbons (Fsp3) is 0.316.